The second-order valence-corrected chi connectivity index (χ2v) is 8.47. The number of hydrogen-bond donors (Lipinski definition) is 1. The molecule has 3 atom stereocenters. The maximum absolute atomic E-state index is 13.3. The van der Waals surface area contributed by atoms with Crippen molar-refractivity contribution in [2.75, 3.05) is 24.5 Å². The lowest BCUT2D eigenvalue weighted by molar-refractivity contribution is -0.140. The smallest absolute Gasteiger partial charge is 0.227 e. The van der Waals surface area contributed by atoms with Crippen LogP contribution in [0.25, 0.3) is 10.2 Å². The van der Waals surface area contributed by atoms with Crippen molar-refractivity contribution in [1.82, 2.24) is 14.9 Å². The zero-order valence-corrected chi connectivity index (χ0v) is 16.1. The molecule has 6 nitrogen and oxygen atoms in total. The molecule has 2 aliphatic rings. The van der Waals surface area contributed by atoms with Crippen molar-refractivity contribution in [3.8, 4) is 0 Å². The number of amides is 1. The van der Waals surface area contributed by atoms with Gasteiger partial charge in [0.25, 0.3) is 0 Å². The van der Waals surface area contributed by atoms with Gasteiger partial charge in [0.2, 0.25) is 5.91 Å². The van der Waals surface area contributed by atoms with E-state index in [9.17, 15) is 4.79 Å². The van der Waals surface area contributed by atoms with Crippen molar-refractivity contribution in [2.45, 2.75) is 51.1 Å². The maximum Gasteiger partial charge on any atom is 0.227 e. The summed E-state index contributed by atoms with van der Waals surface area (Å²) in [6, 6.07) is 2.30. The lowest BCUT2D eigenvalue weighted by atomic mass is 9.91. The Kier molecular flexibility index (Phi) is 5.09. The van der Waals surface area contributed by atoms with Crippen LogP contribution in [0.1, 0.15) is 39.0 Å². The molecule has 0 radical (unpaired) electrons. The topological polar surface area (TPSA) is 75.3 Å². The molecule has 26 heavy (non-hydrogen) atoms. The molecule has 2 saturated heterocycles. The summed E-state index contributed by atoms with van der Waals surface area (Å²) in [5, 5.41) is 3.15. The van der Waals surface area contributed by atoms with E-state index in [1.165, 1.54) is 6.42 Å². The van der Waals surface area contributed by atoms with Crippen LogP contribution in [0.4, 0.5) is 5.82 Å². The van der Waals surface area contributed by atoms with Crippen molar-refractivity contribution in [1.29, 1.82) is 0 Å². The van der Waals surface area contributed by atoms with Crippen LogP contribution in [0.3, 0.4) is 0 Å². The molecule has 2 N–H and O–H groups in total. The number of carbonyl (C=O) groups is 1. The molecule has 2 aliphatic heterocycles. The van der Waals surface area contributed by atoms with Gasteiger partial charge >= 0.3 is 0 Å². The van der Waals surface area contributed by atoms with Gasteiger partial charge in [-0.05, 0) is 50.5 Å². The van der Waals surface area contributed by atoms with Crippen molar-refractivity contribution in [3.63, 3.8) is 0 Å². The molecule has 0 spiro atoms. The van der Waals surface area contributed by atoms with E-state index in [0.717, 1.165) is 61.4 Å². The minimum Gasteiger partial charge on any atom is -0.355 e. The minimum absolute atomic E-state index is 0.0336. The fourth-order valence-electron chi connectivity index (χ4n) is 4.41. The summed E-state index contributed by atoms with van der Waals surface area (Å²) in [7, 11) is 0. The van der Waals surface area contributed by atoms with Gasteiger partial charge in [-0.1, -0.05) is 0 Å². The first kappa shape index (κ1) is 17.7. The molecule has 4 rings (SSSR count). The summed E-state index contributed by atoms with van der Waals surface area (Å²) in [6.07, 6.45) is 6.90. The van der Waals surface area contributed by atoms with Crippen LogP contribution in [0.5, 0.6) is 0 Å². The van der Waals surface area contributed by atoms with Gasteiger partial charge in [-0.2, -0.15) is 0 Å². The monoisotopic (exact) mass is 373 g/mol. The van der Waals surface area contributed by atoms with Crippen LogP contribution in [0.15, 0.2) is 17.8 Å². The highest BCUT2D eigenvalue weighted by Gasteiger charge is 2.35. The van der Waals surface area contributed by atoms with Gasteiger partial charge in [-0.15, -0.1) is 11.3 Å². The van der Waals surface area contributed by atoms with Gasteiger partial charge in [0.1, 0.15) is 17.0 Å². The third-order valence-corrected chi connectivity index (χ3v) is 6.57. The first-order chi connectivity index (χ1) is 12.6. The molecule has 0 bridgehead atoms. The molecule has 1 amide bonds. The number of carbonyl (C=O) groups excluding carboxylic acids is 1. The second-order valence-electron chi connectivity index (χ2n) is 7.58. The first-order valence-corrected chi connectivity index (χ1v) is 10.5. The Morgan fingerprint density at radius 2 is 2.15 bits per heavy atom. The highest BCUT2D eigenvalue weighted by molar-refractivity contribution is 7.16. The number of piperidine rings is 2. The molecule has 2 fully saturated rings. The maximum atomic E-state index is 13.3. The van der Waals surface area contributed by atoms with Crippen molar-refractivity contribution in [2.24, 2.45) is 11.7 Å². The number of thiophene rings is 1. The van der Waals surface area contributed by atoms with Crippen LogP contribution in [0.2, 0.25) is 0 Å². The minimum atomic E-state index is 0.0336. The molecule has 0 saturated carbocycles. The number of aromatic nitrogens is 2. The van der Waals surface area contributed by atoms with E-state index in [4.69, 9.17) is 5.73 Å². The normalized spacial score (nSPS) is 25.5. The predicted octanol–water partition coefficient (Wildman–Crippen LogP) is 2.64. The Balaban J connectivity index is 1.53. The number of anilines is 1. The molecule has 7 heteroatoms. The van der Waals surface area contributed by atoms with E-state index < -0.39 is 0 Å². The second kappa shape index (κ2) is 7.48. The van der Waals surface area contributed by atoms with Crippen molar-refractivity contribution < 1.29 is 4.79 Å². The third kappa shape index (κ3) is 3.30. The van der Waals surface area contributed by atoms with Gasteiger partial charge in [0, 0.05) is 31.7 Å². The number of nitrogens with two attached hydrogens (primary N) is 1. The lowest BCUT2D eigenvalue weighted by Gasteiger charge is -2.42. The Labute approximate surface area is 158 Å². The van der Waals surface area contributed by atoms with Crippen LogP contribution >= 0.6 is 11.3 Å². The lowest BCUT2D eigenvalue weighted by Crippen LogP contribution is -2.55. The average molecular weight is 374 g/mol. The number of rotatable bonds is 3. The fraction of sp³-hybridized carbons (Fsp3) is 0.632. The van der Waals surface area contributed by atoms with Gasteiger partial charge < -0.3 is 15.5 Å². The zero-order valence-electron chi connectivity index (χ0n) is 15.3. The van der Waals surface area contributed by atoms with E-state index in [1.807, 2.05) is 6.92 Å². The summed E-state index contributed by atoms with van der Waals surface area (Å²) >= 11 is 1.63. The summed E-state index contributed by atoms with van der Waals surface area (Å²) in [6.45, 7) is 4.56. The molecule has 4 heterocycles. The number of likely N-dealkylation sites (tertiary alicyclic amines) is 1. The molecule has 2 aromatic heterocycles. The molecular formula is C19H27N5OS. The van der Waals surface area contributed by atoms with Gasteiger partial charge in [0.05, 0.1) is 11.3 Å². The Morgan fingerprint density at radius 1 is 1.27 bits per heavy atom. The SMILES string of the molecule is CC(N)C1CCCCN1C(=O)C1CCCN(c2ncnc3sccc23)C1. The highest BCUT2D eigenvalue weighted by Crippen LogP contribution is 2.31. The predicted molar refractivity (Wildman–Crippen MR) is 105 cm³/mol. The quantitative estimate of drug-likeness (QED) is 0.895. The van der Waals surface area contributed by atoms with Gasteiger partial charge in [0.15, 0.2) is 0 Å². The molecule has 140 valence electrons. The van der Waals surface area contributed by atoms with Crippen LogP contribution in [0, 0.1) is 5.92 Å². The van der Waals surface area contributed by atoms with E-state index in [0.29, 0.717) is 0 Å². The van der Waals surface area contributed by atoms with E-state index in [2.05, 4.69) is 31.2 Å². The number of hydrogen-bond acceptors (Lipinski definition) is 6. The Bertz CT molecular complexity index is 776. The zero-order chi connectivity index (χ0) is 18.1. The van der Waals surface area contributed by atoms with Crippen molar-refractivity contribution in [3.05, 3.63) is 17.8 Å². The van der Waals surface area contributed by atoms with Crippen LogP contribution in [-0.4, -0.2) is 52.5 Å². The largest absolute Gasteiger partial charge is 0.355 e. The van der Waals surface area contributed by atoms with Gasteiger partial charge in [-0.3, -0.25) is 4.79 Å². The Hall–Kier alpha value is -1.73. The summed E-state index contributed by atoms with van der Waals surface area (Å²) in [4.78, 5) is 27.5. The molecule has 0 aromatic carbocycles. The van der Waals surface area contributed by atoms with E-state index >= 15 is 0 Å². The molecule has 2 aromatic rings. The summed E-state index contributed by atoms with van der Waals surface area (Å²) in [5.74, 6) is 1.29. The number of nitrogens with zero attached hydrogens (tertiary/aromatic N) is 4. The first-order valence-electron chi connectivity index (χ1n) is 9.64. The van der Waals surface area contributed by atoms with Crippen molar-refractivity contribution >= 4 is 33.3 Å². The molecule has 0 aliphatic carbocycles. The summed E-state index contributed by atoms with van der Waals surface area (Å²) < 4.78 is 0. The van der Waals surface area contributed by atoms with Gasteiger partial charge in [-0.25, -0.2) is 9.97 Å². The third-order valence-electron chi connectivity index (χ3n) is 5.75. The summed E-state index contributed by atoms with van der Waals surface area (Å²) in [5.41, 5.74) is 6.17. The molecular weight excluding hydrogens is 346 g/mol. The molecule has 3 unspecified atom stereocenters. The van der Waals surface area contributed by atoms with E-state index in [-0.39, 0.29) is 23.9 Å². The Morgan fingerprint density at radius 3 is 3.00 bits per heavy atom. The average Bonchev–Trinajstić information content (AvgIpc) is 3.16. The number of fused-ring (bicyclic) bond motifs is 1. The highest BCUT2D eigenvalue weighted by atomic mass is 32.1. The van der Waals surface area contributed by atoms with E-state index in [1.54, 1.807) is 17.7 Å². The van der Waals surface area contributed by atoms with Crippen LogP contribution < -0.4 is 10.6 Å². The van der Waals surface area contributed by atoms with Crippen LogP contribution in [-0.2, 0) is 4.79 Å². The fourth-order valence-corrected chi connectivity index (χ4v) is 5.14. The standard InChI is InChI=1S/C19H27N5OS/c1-13(20)16-6-2-3-9-24(16)19(25)14-5-4-8-23(11-14)17-15-7-10-26-18(15)22-12-21-17/h7,10,12-14,16H,2-6,8-9,11,20H2,1H3.